The Balaban J connectivity index is 1.37. The van der Waals surface area contributed by atoms with Crippen LogP contribution in [0.1, 0.15) is 47.3 Å². The second-order valence-electron chi connectivity index (χ2n) is 7.80. The number of hydrogen-bond donors (Lipinski definition) is 1. The monoisotopic (exact) mass is 416 g/mol. The summed E-state index contributed by atoms with van der Waals surface area (Å²) in [5, 5.41) is 11.3. The van der Waals surface area contributed by atoms with E-state index in [-0.39, 0.29) is 0 Å². The number of rotatable bonds is 5. The van der Waals surface area contributed by atoms with Gasteiger partial charge in [0.1, 0.15) is 29.5 Å². The molecule has 3 aromatic heterocycles. The van der Waals surface area contributed by atoms with Gasteiger partial charge in [-0.2, -0.15) is 0 Å². The summed E-state index contributed by atoms with van der Waals surface area (Å²) in [5.41, 5.74) is 1.44. The molecular formula is C19H22N5O2S2+. The molecule has 0 atom stereocenters. The minimum absolute atomic E-state index is 0.471. The van der Waals surface area contributed by atoms with Crippen LogP contribution >= 0.6 is 23.1 Å². The minimum atomic E-state index is 0.471. The first-order valence-corrected chi connectivity index (χ1v) is 11.7. The highest BCUT2D eigenvalue weighted by atomic mass is 32.2. The second-order valence-corrected chi connectivity index (χ2v) is 9.83. The molecule has 0 amide bonds. The first kappa shape index (κ1) is 17.3. The van der Waals surface area contributed by atoms with Crippen LogP contribution in [0, 0.1) is 0 Å². The van der Waals surface area contributed by atoms with Crippen molar-refractivity contribution < 1.29 is 14.1 Å². The fourth-order valence-corrected chi connectivity index (χ4v) is 6.25. The molecule has 1 saturated carbocycles. The third-order valence-corrected chi connectivity index (χ3v) is 7.73. The van der Waals surface area contributed by atoms with E-state index in [1.54, 1.807) is 0 Å². The molecule has 28 heavy (non-hydrogen) atoms. The van der Waals surface area contributed by atoms with Crippen LogP contribution in [0.25, 0.3) is 10.2 Å². The smallest absolute Gasteiger partial charge is 0.282 e. The van der Waals surface area contributed by atoms with E-state index in [4.69, 9.17) is 19.1 Å². The summed E-state index contributed by atoms with van der Waals surface area (Å²) in [7, 11) is 0. The molecule has 1 aliphatic heterocycles. The van der Waals surface area contributed by atoms with E-state index in [0.29, 0.717) is 11.1 Å². The summed E-state index contributed by atoms with van der Waals surface area (Å²) in [6.07, 6.45) is 5.84. The van der Waals surface area contributed by atoms with Crippen molar-refractivity contribution in [2.24, 2.45) is 0 Å². The molecule has 2 fully saturated rings. The summed E-state index contributed by atoms with van der Waals surface area (Å²) in [6, 6.07) is 0. The standard InChI is InChI=1S/C19H21N5O2S2/c1-2-12-13(3-1)27-17-15(12)18(28-19-23-22-16(26-19)11-4-5-11)21-14(20-17)10-24-6-8-25-9-7-24/h11H,1-10H2/p+1. The molecule has 1 saturated heterocycles. The van der Waals surface area contributed by atoms with Crippen LogP contribution in [0.15, 0.2) is 14.7 Å². The van der Waals surface area contributed by atoms with Crippen LogP contribution in [0.3, 0.4) is 0 Å². The van der Waals surface area contributed by atoms with Crippen LogP contribution in [0.5, 0.6) is 0 Å². The Morgan fingerprint density at radius 2 is 2.00 bits per heavy atom. The number of nitrogens with one attached hydrogen (secondary N) is 1. The SMILES string of the molecule is C1Cc2sc3nc(C[NH+]4CCOCC4)nc(Sc4nnc(C5CC5)o4)c3c2C1. The topological polar surface area (TPSA) is 78.4 Å². The Bertz CT molecular complexity index is 1020. The van der Waals surface area contributed by atoms with E-state index in [1.165, 1.54) is 38.9 Å². The van der Waals surface area contributed by atoms with Crippen LogP contribution in [-0.4, -0.2) is 46.5 Å². The molecule has 0 radical (unpaired) electrons. The average molecular weight is 417 g/mol. The number of hydrogen-bond acceptors (Lipinski definition) is 8. The number of thiophene rings is 1. The van der Waals surface area contributed by atoms with Crippen molar-refractivity contribution in [1.29, 1.82) is 0 Å². The number of quaternary nitrogens is 1. The van der Waals surface area contributed by atoms with Gasteiger partial charge in [0.25, 0.3) is 5.22 Å². The summed E-state index contributed by atoms with van der Waals surface area (Å²) >= 11 is 3.35. The van der Waals surface area contributed by atoms with Crippen molar-refractivity contribution in [3.05, 3.63) is 22.2 Å². The lowest BCUT2D eigenvalue weighted by Crippen LogP contribution is -3.12. The highest BCUT2D eigenvalue weighted by molar-refractivity contribution is 7.99. The summed E-state index contributed by atoms with van der Waals surface area (Å²) < 4.78 is 11.4. The Kier molecular flexibility index (Phi) is 4.36. The average Bonchev–Trinajstić information content (AvgIpc) is 3.11. The van der Waals surface area contributed by atoms with Crippen molar-refractivity contribution in [2.45, 2.75) is 54.8 Å². The second kappa shape index (κ2) is 7.05. The molecule has 146 valence electrons. The van der Waals surface area contributed by atoms with Crippen molar-refractivity contribution in [3.63, 3.8) is 0 Å². The van der Waals surface area contributed by atoms with E-state index in [2.05, 4.69) is 10.2 Å². The van der Waals surface area contributed by atoms with E-state index in [9.17, 15) is 0 Å². The molecule has 0 aromatic carbocycles. The van der Waals surface area contributed by atoms with Crippen molar-refractivity contribution >= 4 is 33.3 Å². The van der Waals surface area contributed by atoms with Crippen LogP contribution in [-0.2, 0) is 24.1 Å². The third-order valence-electron chi connectivity index (χ3n) is 5.72. The van der Waals surface area contributed by atoms with E-state index in [1.807, 2.05) is 11.3 Å². The quantitative estimate of drug-likeness (QED) is 0.638. The number of aromatic nitrogens is 4. The zero-order valence-corrected chi connectivity index (χ0v) is 17.2. The van der Waals surface area contributed by atoms with Crippen LogP contribution in [0.4, 0.5) is 0 Å². The molecular weight excluding hydrogens is 394 g/mol. The zero-order valence-electron chi connectivity index (χ0n) is 15.6. The molecule has 1 N–H and O–H groups in total. The summed E-state index contributed by atoms with van der Waals surface area (Å²) in [6.45, 7) is 4.50. The van der Waals surface area contributed by atoms with Crippen molar-refractivity contribution in [1.82, 2.24) is 20.2 Å². The lowest BCUT2D eigenvalue weighted by molar-refractivity contribution is -0.922. The van der Waals surface area contributed by atoms with Gasteiger partial charge in [-0.1, -0.05) is 0 Å². The van der Waals surface area contributed by atoms with E-state index in [0.717, 1.165) is 80.1 Å². The highest BCUT2D eigenvalue weighted by Crippen LogP contribution is 2.43. The van der Waals surface area contributed by atoms with Crippen LogP contribution in [0.2, 0.25) is 0 Å². The maximum Gasteiger partial charge on any atom is 0.282 e. The normalized spacial score (nSPS) is 20.1. The first-order valence-electron chi connectivity index (χ1n) is 10.1. The molecule has 3 aromatic rings. The maximum absolute atomic E-state index is 5.91. The molecule has 6 rings (SSSR count). The lowest BCUT2D eigenvalue weighted by atomic mass is 10.2. The number of aryl methyl sites for hydroxylation is 2. The lowest BCUT2D eigenvalue weighted by Gasteiger charge is -2.23. The number of nitrogens with zero attached hydrogens (tertiary/aromatic N) is 4. The molecule has 3 aliphatic rings. The van der Waals surface area contributed by atoms with Crippen LogP contribution < -0.4 is 4.90 Å². The molecule has 7 nitrogen and oxygen atoms in total. The van der Waals surface area contributed by atoms with Crippen molar-refractivity contribution in [3.8, 4) is 0 Å². The van der Waals surface area contributed by atoms with Gasteiger partial charge in [-0.05, 0) is 49.4 Å². The van der Waals surface area contributed by atoms with Gasteiger partial charge in [-0.3, -0.25) is 0 Å². The summed E-state index contributed by atoms with van der Waals surface area (Å²) in [5.74, 6) is 2.16. The number of fused-ring (bicyclic) bond motifs is 3. The van der Waals surface area contributed by atoms with Gasteiger partial charge in [0.2, 0.25) is 5.89 Å². The molecule has 0 spiro atoms. The fourth-order valence-electron chi connectivity index (χ4n) is 4.06. The third kappa shape index (κ3) is 3.24. The molecule has 0 bridgehead atoms. The Morgan fingerprint density at radius 3 is 2.86 bits per heavy atom. The number of morpholine rings is 1. The van der Waals surface area contributed by atoms with Gasteiger partial charge in [0.15, 0.2) is 5.82 Å². The Labute approximate surface area is 170 Å². The maximum atomic E-state index is 5.91. The molecule has 2 aliphatic carbocycles. The molecule has 4 heterocycles. The van der Waals surface area contributed by atoms with E-state index < -0.39 is 0 Å². The fraction of sp³-hybridized carbons (Fsp3) is 0.579. The van der Waals surface area contributed by atoms with Gasteiger partial charge >= 0.3 is 0 Å². The first-order chi connectivity index (χ1) is 13.8. The predicted molar refractivity (Wildman–Crippen MR) is 105 cm³/mol. The zero-order chi connectivity index (χ0) is 18.5. The van der Waals surface area contributed by atoms with Gasteiger partial charge in [0.05, 0.1) is 13.2 Å². The van der Waals surface area contributed by atoms with Gasteiger partial charge in [0, 0.05) is 16.2 Å². The van der Waals surface area contributed by atoms with Gasteiger partial charge in [-0.25, -0.2) is 9.97 Å². The molecule has 9 heteroatoms. The van der Waals surface area contributed by atoms with E-state index >= 15 is 0 Å². The molecule has 0 unspecified atom stereocenters. The predicted octanol–water partition coefficient (Wildman–Crippen LogP) is 2.01. The number of ether oxygens (including phenoxy) is 1. The van der Waals surface area contributed by atoms with Gasteiger partial charge < -0.3 is 14.1 Å². The highest BCUT2D eigenvalue weighted by Gasteiger charge is 2.30. The summed E-state index contributed by atoms with van der Waals surface area (Å²) in [4.78, 5) is 14.0. The Hall–Kier alpha value is -1.55. The van der Waals surface area contributed by atoms with Gasteiger partial charge in [-0.15, -0.1) is 21.5 Å². The Morgan fingerprint density at radius 1 is 1.11 bits per heavy atom. The van der Waals surface area contributed by atoms with Crippen molar-refractivity contribution in [2.75, 3.05) is 26.3 Å². The minimum Gasteiger partial charge on any atom is -0.415 e. The largest absolute Gasteiger partial charge is 0.415 e.